The first kappa shape index (κ1) is 18.8. The largest absolute Gasteiger partial charge is 0.466 e. The fourth-order valence-electron chi connectivity index (χ4n) is 4.58. The molecule has 0 saturated heterocycles. The number of hydrogen-bond donors (Lipinski definition) is 1. The van der Waals surface area contributed by atoms with Gasteiger partial charge in [0.15, 0.2) is 5.75 Å². The summed E-state index contributed by atoms with van der Waals surface area (Å²) in [6.45, 7) is 6.21. The monoisotopic (exact) mass is 397 g/mol. The van der Waals surface area contributed by atoms with Crippen molar-refractivity contribution >= 4 is 27.5 Å². The molecule has 2 aromatic rings. The number of hydrogen-bond acceptors (Lipinski definition) is 7. The Kier molecular flexibility index (Phi) is 4.54. The van der Waals surface area contributed by atoms with Crippen molar-refractivity contribution in [3.63, 3.8) is 0 Å². The van der Waals surface area contributed by atoms with Crippen LogP contribution in [0, 0.1) is 31.1 Å². The first-order chi connectivity index (χ1) is 13.4. The highest BCUT2D eigenvalue weighted by molar-refractivity contribution is 7.19. The number of aryl methyl sites for hydroxylation is 2. The summed E-state index contributed by atoms with van der Waals surface area (Å²) in [5, 5.41) is 10.8. The van der Waals surface area contributed by atoms with E-state index in [0.717, 1.165) is 32.1 Å². The van der Waals surface area contributed by atoms with Crippen LogP contribution in [0.3, 0.4) is 0 Å². The van der Waals surface area contributed by atoms with Crippen molar-refractivity contribution < 1.29 is 14.3 Å². The number of pyridine rings is 1. The average Bonchev–Trinajstić information content (AvgIpc) is 3.02. The number of nitrogens with zero attached hydrogens (tertiary/aromatic N) is 2. The van der Waals surface area contributed by atoms with Gasteiger partial charge in [-0.1, -0.05) is 0 Å². The van der Waals surface area contributed by atoms with E-state index in [1.54, 1.807) is 11.3 Å². The van der Waals surface area contributed by atoms with E-state index in [2.05, 4.69) is 11.1 Å². The van der Waals surface area contributed by atoms with E-state index in [0.29, 0.717) is 37.9 Å². The van der Waals surface area contributed by atoms with Gasteiger partial charge in [0.1, 0.15) is 16.5 Å². The summed E-state index contributed by atoms with van der Waals surface area (Å²) in [5.41, 5.74) is 8.21. The zero-order valence-electron chi connectivity index (χ0n) is 16.3. The van der Waals surface area contributed by atoms with Crippen molar-refractivity contribution in [2.75, 3.05) is 6.61 Å². The standard InChI is InChI=1S/C21H23N3O3S/c1-4-26-20(25)13-5-7-21(8-6-13)14(10-22)18(23)27-16-15-11(2)9-12(3)24-19(15)28-17(16)21/h9,13H,4-8,23H2,1-3H3. The maximum absolute atomic E-state index is 12.2. The van der Waals surface area contributed by atoms with Crippen molar-refractivity contribution in [1.82, 2.24) is 4.98 Å². The van der Waals surface area contributed by atoms with Gasteiger partial charge in [0.25, 0.3) is 0 Å². The minimum absolute atomic E-state index is 0.130. The molecule has 6 nitrogen and oxygen atoms in total. The van der Waals surface area contributed by atoms with Crippen LogP contribution in [0.15, 0.2) is 17.5 Å². The second-order valence-electron chi connectivity index (χ2n) is 7.58. The molecule has 2 aromatic heterocycles. The molecule has 0 bridgehead atoms. The zero-order valence-corrected chi connectivity index (χ0v) is 17.1. The Morgan fingerprint density at radius 1 is 1.46 bits per heavy atom. The zero-order chi connectivity index (χ0) is 20.1. The lowest BCUT2D eigenvalue weighted by molar-refractivity contribution is -0.149. The van der Waals surface area contributed by atoms with Crippen LogP contribution >= 0.6 is 11.3 Å². The highest BCUT2D eigenvalue weighted by atomic mass is 32.1. The molecule has 146 valence electrons. The van der Waals surface area contributed by atoms with Crippen molar-refractivity contribution in [2.45, 2.75) is 51.9 Å². The third kappa shape index (κ3) is 2.67. The van der Waals surface area contributed by atoms with E-state index >= 15 is 0 Å². The number of thiophene rings is 1. The molecule has 7 heteroatoms. The maximum atomic E-state index is 12.2. The van der Waals surface area contributed by atoms with Gasteiger partial charge in [-0.05, 0) is 58.1 Å². The minimum atomic E-state index is -0.513. The normalized spacial score (nSPS) is 24.0. The number of aromatic nitrogens is 1. The molecule has 1 spiro atoms. The fraction of sp³-hybridized carbons (Fsp3) is 0.476. The number of nitrogens with two attached hydrogens (primary N) is 1. The Hall–Kier alpha value is -2.59. The Morgan fingerprint density at radius 3 is 2.82 bits per heavy atom. The lowest BCUT2D eigenvalue weighted by atomic mass is 9.65. The molecule has 3 heterocycles. The van der Waals surface area contributed by atoms with E-state index < -0.39 is 5.41 Å². The molecular formula is C21H23N3O3S. The van der Waals surface area contributed by atoms with Crippen LogP contribution in [0.1, 0.15) is 48.7 Å². The van der Waals surface area contributed by atoms with Gasteiger partial charge in [-0.15, -0.1) is 11.3 Å². The van der Waals surface area contributed by atoms with Gasteiger partial charge in [-0.3, -0.25) is 4.79 Å². The Bertz CT molecular complexity index is 1040. The summed E-state index contributed by atoms with van der Waals surface area (Å²) in [6, 6.07) is 4.32. The van der Waals surface area contributed by atoms with E-state index in [1.165, 1.54) is 0 Å². The second kappa shape index (κ2) is 6.78. The van der Waals surface area contributed by atoms with Gasteiger partial charge < -0.3 is 15.2 Å². The molecule has 1 aliphatic heterocycles. The van der Waals surface area contributed by atoms with Gasteiger partial charge in [-0.25, -0.2) is 4.98 Å². The van der Waals surface area contributed by atoms with Gasteiger partial charge in [-0.2, -0.15) is 5.26 Å². The van der Waals surface area contributed by atoms with Crippen molar-refractivity contribution in [1.29, 1.82) is 5.26 Å². The molecule has 0 radical (unpaired) electrons. The summed E-state index contributed by atoms with van der Waals surface area (Å²) in [5.74, 6) is 0.624. The number of rotatable bonds is 2. The summed E-state index contributed by atoms with van der Waals surface area (Å²) >= 11 is 1.58. The summed E-state index contributed by atoms with van der Waals surface area (Å²) in [4.78, 5) is 18.8. The second-order valence-corrected chi connectivity index (χ2v) is 8.58. The number of nitriles is 1. The molecule has 1 fully saturated rings. The highest BCUT2D eigenvalue weighted by Gasteiger charge is 2.49. The summed E-state index contributed by atoms with van der Waals surface area (Å²) < 4.78 is 11.2. The molecular weight excluding hydrogens is 374 g/mol. The third-order valence-corrected chi connectivity index (χ3v) is 7.16. The number of carbonyl (C=O) groups is 1. The fourth-order valence-corrected chi connectivity index (χ4v) is 6.05. The third-order valence-electron chi connectivity index (χ3n) is 5.89. The predicted molar refractivity (Wildman–Crippen MR) is 107 cm³/mol. The first-order valence-corrected chi connectivity index (χ1v) is 10.4. The Morgan fingerprint density at radius 2 is 2.18 bits per heavy atom. The Balaban J connectivity index is 1.83. The average molecular weight is 398 g/mol. The number of ether oxygens (including phenoxy) is 2. The van der Waals surface area contributed by atoms with Crippen LogP contribution < -0.4 is 10.5 Å². The van der Waals surface area contributed by atoms with Gasteiger partial charge in [0.2, 0.25) is 5.88 Å². The van der Waals surface area contributed by atoms with Crippen LogP contribution in [0.5, 0.6) is 5.75 Å². The van der Waals surface area contributed by atoms with Crippen molar-refractivity contribution in [2.24, 2.45) is 11.7 Å². The molecule has 0 unspecified atom stereocenters. The molecule has 2 N–H and O–H groups in total. The molecule has 0 amide bonds. The lowest BCUT2D eigenvalue weighted by Crippen LogP contribution is -2.39. The maximum Gasteiger partial charge on any atom is 0.308 e. The summed E-state index contributed by atoms with van der Waals surface area (Å²) in [6.07, 6.45) is 2.66. The first-order valence-electron chi connectivity index (χ1n) is 9.57. The van der Waals surface area contributed by atoms with E-state index in [9.17, 15) is 10.1 Å². The van der Waals surface area contributed by atoms with E-state index in [1.807, 2.05) is 26.8 Å². The minimum Gasteiger partial charge on any atom is -0.466 e. The van der Waals surface area contributed by atoms with Crippen LogP contribution in [0.2, 0.25) is 0 Å². The van der Waals surface area contributed by atoms with Crippen molar-refractivity contribution in [3.8, 4) is 11.8 Å². The molecule has 1 saturated carbocycles. The van der Waals surface area contributed by atoms with Gasteiger partial charge in [0, 0.05) is 11.1 Å². The number of fused-ring (bicyclic) bond motifs is 4. The highest BCUT2D eigenvalue weighted by Crippen LogP contribution is 2.57. The van der Waals surface area contributed by atoms with Crippen LogP contribution in [-0.2, 0) is 14.9 Å². The molecule has 28 heavy (non-hydrogen) atoms. The van der Waals surface area contributed by atoms with Gasteiger partial charge >= 0.3 is 5.97 Å². The van der Waals surface area contributed by atoms with Crippen LogP contribution in [0.25, 0.3) is 10.2 Å². The smallest absolute Gasteiger partial charge is 0.308 e. The number of esters is 1. The van der Waals surface area contributed by atoms with E-state index in [-0.39, 0.29) is 17.8 Å². The molecule has 0 aromatic carbocycles. The quantitative estimate of drug-likeness (QED) is 0.770. The molecule has 0 atom stereocenters. The van der Waals surface area contributed by atoms with Crippen LogP contribution in [-0.4, -0.2) is 17.6 Å². The Labute approximate surface area is 168 Å². The molecule has 4 rings (SSSR count). The van der Waals surface area contributed by atoms with Crippen LogP contribution in [0.4, 0.5) is 0 Å². The van der Waals surface area contributed by atoms with Gasteiger partial charge in [0.05, 0.1) is 22.8 Å². The lowest BCUT2D eigenvalue weighted by Gasteiger charge is -2.41. The summed E-state index contributed by atoms with van der Waals surface area (Å²) in [7, 11) is 0. The SMILES string of the molecule is CCOC(=O)C1CCC2(CC1)C(C#N)=C(N)Oc1c2sc2nc(C)cc(C)c12. The molecule has 2 aliphatic rings. The number of allylic oxidation sites excluding steroid dienone is 1. The number of carbonyl (C=O) groups excluding carboxylic acids is 1. The topological polar surface area (TPSA) is 98.2 Å². The van der Waals surface area contributed by atoms with E-state index in [4.69, 9.17) is 15.2 Å². The van der Waals surface area contributed by atoms with Crippen molar-refractivity contribution in [3.05, 3.63) is 33.7 Å². The predicted octanol–water partition coefficient (Wildman–Crippen LogP) is 3.99. The molecule has 1 aliphatic carbocycles.